The standard InChI is InChI=1S/C17H12FN3/c1-11-3-2-4-14(7-11)21-17-12(9-19)10-20-16-6-5-13(18)8-15(16)17/h2-8,10H,1H3,(H,20,21). The Morgan fingerprint density at radius 2 is 2.05 bits per heavy atom. The van der Waals surface area contributed by atoms with Crippen molar-refractivity contribution in [3.63, 3.8) is 0 Å². The molecule has 0 aliphatic carbocycles. The summed E-state index contributed by atoms with van der Waals surface area (Å²) >= 11 is 0. The van der Waals surface area contributed by atoms with Gasteiger partial charge >= 0.3 is 0 Å². The second-order valence-electron chi connectivity index (χ2n) is 4.81. The first-order valence-electron chi connectivity index (χ1n) is 6.49. The van der Waals surface area contributed by atoms with Gasteiger partial charge in [-0.1, -0.05) is 12.1 Å². The number of fused-ring (bicyclic) bond motifs is 1. The molecule has 0 unspecified atom stereocenters. The molecule has 4 heteroatoms. The van der Waals surface area contributed by atoms with Gasteiger partial charge in [0.1, 0.15) is 11.9 Å². The lowest BCUT2D eigenvalue weighted by atomic mass is 10.1. The van der Waals surface area contributed by atoms with Crippen LogP contribution in [0.3, 0.4) is 0 Å². The van der Waals surface area contributed by atoms with E-state index in [1.807, 2.05) is 31.2 Å². The third-order valence-electron chi connectivity index (χ3n) is 3.24. The Bertz CT molecular complexity index is 866. The van der Waals surface area contributed by atoms with Crippen molar-refractivity contribution >= 4 is 22.3 Å². The Labute approximate surface area is 121 Å². The highest BCUT2D eigenvalue weighted by Gasteiger charge is 2.10. The molecule has 0 atom stereocenters. The number of anilines is 2. The molecular formula is C17H12FN3. The fourth-order valence-electron chi connectivity index (χ4n) is 2.25. The molecule has 0 bridgehead atoms. The summed E-state index contributed by atoms with van der Waals surface area (Å²) in [6, 6.07) is 14.2. The first-order valence-corrected chi connectivity index (χ1v) is 6.49. The summed E-state index contributed by atoms with van der Waals surface area (Å²) in [5.74, 6) is -0.355. The van der Waals surface area contributed by atoms with E-state index in [-0.39, 0.29) is 5.82 Å². The summed E-state index contributed by atoms with van der Waals surface area (Å²) < 4.78 is 13.5. The van der Waals surface area contributed by atoms with Crippen LogP contribution in [-0.4, -0.2) is 4.98 Å². The molecule has 102 valence electrons. The van der Waals surface area contributed by atoms with Crippen molar-refractivity contribution in [3.8, 4) is 6.07 Å². The van der Waals surface area contributed by atoms with Crippen LogP contribution >= 0.6 is 0 Å². The number of rotatable bonds is 2. The van der Waals surface area contributed by atoms with Crippen molar-refractivity contribution in [3.05, 3.63) is 65.6 Å². The molecule has 0 fully saturated rings. The van der Waals surface area contributed by atoms with Gasteiger partial charge in [0.15, 0.2) is 0 Å². The van der Waals surface area contributed by atoms with Crippen molar-refractivity contribution in [1.29, 1.82) is 5.26 Å². The molecule has 0 aliphatic rings. The Kier molecular flexibility index (Phi) is 3.25. The second-order valence-corrected chi connectivity index (χ2v) is 4.81. The molecule has 0 saturated carbocycles. The Hall–Kier alpha value is -2.93. The lowest BCUT2D eigenvalue weighted by Crippen LogP contribution is -1.97. The second kappa shape index (κ2) is 5.22. The number of nitrogens with zero attached hydrogens (tertiary/aromatic N) is 2. The fourth-order valence-corrected chi connectivity index (χ4v) is 2.25. The van der Waals surface area contributed by atoms with Crippen LogP contribution in [-0.2, 0) is 0 Å². The van der Waals surface area contributed by atoms with Crippen LogP contribution in [0.15, 0.2) is 48.7 Å². The summed E-state index contributed by atoms with van der Waals surface area (Å²) in [7, 11) is 0. The van der Waals surface area contributed by atoms with E-state index < -0.39 is 0 Å². The molecule has 1 aromatic heterocycles. The molecule has 0 saturated heterocycles. The molecule has 3 nitrogen and oxygen atoms in total. The number of nitrogens with one attached hydrogen (secondary N) is 1. The van der Waals surface area contributed by atoms with E-state index in [0.717, 1.165) is 11.3 Å². The van der Waals surface area contributed by atoms with Crippen molar-refractivity contribution in [1.82, 2.24) is 4.98 Å². The number of pyridine rings is 1. The maximum absolute atomic E-state index is 13.5. The Morgan fingerprint density at radius 3 is 2.81 bits per heavy atom. The normalized spacial score (nSPS) is 10.3. The zero-order chi connectivity index (χ0) is 14.8. The number of benzene rings is 2. The Morgan fingerprint density at radius 1 is 1.19 bits per heavy atom. The quantitative estimate of drug-likeness (QED) is 0.759. The number of halogens is 1. The topological polar surface area (TPSA) is 48.7 Å². The van der Waals surface area contributed by atoms with E-state index in [2.05, 4.69) is 16.4 Å². The van der Waals surface area contributed by atoms with Gasteiger partial charge in [-0.15, -0.1) is 0 Å². The summed E-state index contributed by atoms with van der Waals surface area (Å²) in [6.45, 7) is 1.99. The predicted molar refractivity (Wildman–Crippen MR) is 80.9 cm³/mol. The van der Waals surface area contributed by atoms with Crippen LogP contribution in [0.5, 0.6) is 0 Å². The maximum Gasteiger partial charge on any atom is 0.124 e. The summed E-state index contributed by atoms with van der Waals surface area (Å²) in [4.78, 5) is 4.18. The monoisotopic (exact) mass is 277 g/mol. The van der Waals surface area contributed by atoms with Gasteiger partial charge in [-0.3, -0.25) is 4.98 Å². The van der Waals surface area contributed by atoms with Gasteiger partial charge in [0, 0.05) is 17.3 Å². The largest absolute Gasteiger partial charge is 0.354 e. The van der Waals surface area contributed by atoms with E-state index in [1.165, 1.54) is 18.3 Å². The molecule has 1 N–H and O–H groups in total. The molecule has 2 aromatic carbocycles. The molecule has 0 radical (unpaired) electrons. The van der Waals surface area contributed by atoms with Crippen LogP contribution in [0.25, 0.3) is 10.9 Å². The number of aryl methyl sites for hydroxylation is 1. The van der Waals surface area contributed by atoms with Crippen molar-refractivity contribution in [2.24, 2.45) is 0 Å². The van der Waals surface area contributed by atoms with Gasteiger partial charge in [0.25, 0.3) is 0 Å². The van der Waals surface area contributed by atoms with Gasteiger partial charge in [-0.05, 0) is 42.8 Å². The van der Waals surface area contributed by atoms with E-state index in [9.17, 15) is 9.65 Å². The van der Waals surface area contributed by atoms with Crippen molar-refractivity contribution in [2.45, 2.75) is 6.92 Å². The molecule has 0 aliphatic heterocycles. The zero-order valence-electron chi connectivity index (χ0n) is 11.4. The molecule has 3 rings (SSSR count). The number of hydrogen-bond acceptors (Lipinski definition) is 3. The molecule has 3 aromatic rings. The molecule has 1 heterocycles. The lowest BCUT2D eigenvalue weighted by molar-refractivity contribution is 0.629. The summed E-state index contributed by atoms with van der Waals surface area (Å²) in [5, 5.41) is 13.1. The number of hydrogen-bond donors (Lipinski definition) is 1. The number of aromatic nitrogens is 1. The van der Waals surface area contributed by atoms with E-state index in [4.69, 9.17) is 0 Å². The highest BCUT2D eigenvalue weighted by molar-refractivity contribution is 5.95. The van der Waals surface area contributed by atoms with E-state index >= 15 is 0 Å². The Balaban J connectivity index is 2.19. The molecule has 0 amide bonds. The van der Waals surface area contributed by atoms with Gasteiger partial charge in [0.2, 0.25) is 0 Å². The molecular weight excluding hydrogens is 265 g/mol. The average molecular weight is 277 g/mol. The average Bonchev–Trinajstić information content (AvgIpc) is 2.48. The molecule has 21 heavy (non-hydrogen) atoms. The van der Waals surface area contributed by atoms with E-state index in [1.54, 1.807) is 6.07 Å². The van der Waals surface area contributed by atoms with Crippen molar-refractivity contribution in [2.75, 3.05) is 5.32 Å². The third-order valence-corrected chi connectivity index (χ3v) is 3.24. The predicted octanol–water partition coefficient (Wildman–Crippen LogP) is 4.30. The smallest absolute Gasteiger partial charge is 0.124 e. The van der Waals surface area contributed by atoms with Crippen molar-refractivity contribution < 1.29 is 4.39 Å². The van der Waals surface area contributed by atoms with Gasteiger partial charge < -0.3 is 5.32 Å². The third kappa shape index (κ3) is 2.54. The lowest BCUT2D eigenvalue weighted by Gasteiger charge is -2.12. The summed E-state index contributed by atoms with van der Waals surface area (Å²) in [5.41, 5.74) is 3.55. The minimum atomic E-state index is -0.355. The van der Waals surface area contributed by atoms with E-state index in [0.29, 0.717) is 22.2 Å². The zero-order valence-corrected chi connectivity index (χ0v) is 11.4. The highest BCUT2D eigenvalue weighted by atomic mass is 19.1. The maximum atomic E-state index is 13.5. The minimum absolute atomic E-state index is 0.355. The first kappa shape index (κ1) is 13.1. The highest BCUT2D eigenvalue weighted by Crippen LogP contribution is 2.29. The van der Waals surface area contributed by atoms with Gasteiger partial charge in [0.05, 0.1) is 16.8 Å². The van der Waals surface area contributed by atoms with Crippen LogP contribution in [0.1, 0.15) is 11.1 Å². The summed E-state index contributed by atoms with van der Waals surface area (Å²) in [6.07, 6.45) is 1.50. The number of nitriles is 1. The minimum Gasteiger partial charge on any atom is -0.354 e. The van der Waals surface area contributed by atoms with Gasteiger partial charge in [-0.2, -0.15) is 5.26 Å². The van der Waals surface area contributed by atoms with Gasteiger partial charge in [-0.25, -0.2) is 4.39 Å². The fraction of sp³-hybridized carbons (Fsp3) is 0.0588. The van der Waals surface area contributed by atoms with Crippen LogP contribution < -0.4 is 5.32 Å². The first-order chi connectivity index (χ1) is 10.2. The van der Waals surface area contributed by atoms with Crippen LogP contribution in [0, 0.1) is 24.1 Å². The molecule has 0 spiro atoms. The van der Waals surface area contributed by atoms with Crippen LogP contribution in [0.4, 0.5) is 15.8 Å². The SMILES string of the molecule is Cc1cccc(Nc2c(C#N)cnc3ccc(F)cc23)c1. The van der Waals surface area contributed by atoms with Crippen LogP contribution in [0.2, 0.25) is 0 Å².